The molecule has 7 heteroatoms. The number of rotatable bonds is 6. The first-order valence-corrected chi connectivity index (χ1v) is 7.82. The van der Waals surface area contributed by atoms with E-state index in [2.05, 4.69) is 10.5 Å². The third-order valence-electron chi connectivity index (χ3n) is 3.70. The van der Waals surface area contributed by atoms with E-state index in [4.69, 9.17) is 14.0 Å². The zero-order valence-electron chi connectivity index (χ0n) is 14.3. The molecule has 1 heterocycles. The minimum absolute atomic E-state index is 0.0407. The Morgan fingerprint density at radius 3 is 2.50 bits per heavy atom. The molecule has 3 aromatic rings. The molecule has 0 spiro atoms. The number of hydrogen-bond donors (Lipinski definition) is 1. The molecule has 0 saturated heterocycles. The topological polar surface area (TPSA) is 73.6 Å². The predicted octanol–water partition coefficient (Wildman–Crippen LogP) is 3.68. The van der Waals surface area contributed by atoms with E-state index in [0.29, 0.717) is 34.2 Å². The smallest absolute Gasteiger partial charge is 0.230 e. The van der Waals surface area contributed by atoms with Crippen molar-refractivity contribution >= 4 is 11.6 Å². The van der Waals surface area contributed by atoms with Crippen molar-refractivity contribution < 1.29 is 23.2 Å². The van der Waals surface area contributed by atoms with E-state index in [1.165, 1.54) is 19.2 Å². The standard InChI is InChI=1S/C19H17FN2O4/c1-24-16-8-7-14(9-18(16)25-2)21-19(23)11-15-10-17(26-22-15)12-3-5-13(20)6-4-12/h3-10H,11H2,1-2H3,(H,21,23). The van der Waals surface area contributed by atoms with Crippen molar-refractivity contribution in [3.8, 4) is 22.8 Å². The van der Waals surface area contributed by atoms with Crippen molar-refractivity contribution in [1.82, 2.24) is 5.16 Å². The fourth-order valence-corrected chi connectivity index (χ4v) is 2.43. The van der Waals surface area contributed by atoms with Crippen LogP contribution in [0.2, 0.25) is 0 Å². The quantitative estimate of drug-likeness (QED) is 0.729. The summed E-state index contributed by atoms with van der Waals surface area (Å²) in [5.41, 5.74) is 1.74. The molecule has 0 aliphatic heterocycles. The highest BCUT2D eigenvalue weighted by Gasteiger charge is 2.12. The van der Waals surface area contributed by atoms with Crippen LogP contribution >= 0.6 is 0 Å². The van der Waals surface area contributed by atoms with Crippen molar-refractivity contribution in [2.45, 2.75) is 6.42 Å². The van der Waals surface area contributed by atoms with Gasteiger partial charge in [0, 0.05) is 23.4 Å². The van der Waals surface area contributed by atoms with Crippen LogP contribution in [-0.4, -0.2) is 25.3 Å². The summed E-state index contributed by atoms with van der Waals surface area (Å²) in [6.07, 6.45) is 0.0407. The van der Waals surface area contributed by atoms with Gasteiger partial charge in [0.1, 0.15) is 5.82 Å². The normalized spacial score (nSPS) is 10.4. The molecule has 3 rings (SSSR count). The van der Waals surface area contributed by atoms with Crippen LogP contribution in [0.3, 0.4) is 0 Å². The van der Waals surface area contributed by atoms with Crippen LogP contribution in [0.25, 0.3) is 11.3 Å². The maximum Gasteiger partial charge on any atom is 0.230 e. The van der Waals surface area contributed by atoms with Gasteiger partial charge in [-0.05, 0) is 36.4 Å². The molecule has 0 saturated carbocycles. The fraction of sp³-hybridized carbons (Fsp3) is 0.158. The molecule has 1 N–H and O–H groups in total. The van der Waals surface area contributed by atoms with Gasteiger partial charge in [0.2, 0.25) is 5.91 Å². The summed E-state index contributed by atoms with van der Waals surface area (Å²) in [6.45, 7) is 0. The Hall–Kier alpha value is -3.35. The highest BCUT2D eigenvalue weighted by atomic mass is 19.1. The van der Waals surface area contributed by atoms with Crippen molar-refractivity contribution in [2.75, 3.05) is 19.5 Å². The SMILES string of the molecule is COc1ccc(NC(=O)Cc2cc(-c3ccc(F)cc3)on2)cc1OC. The second-order valence-corrected chi connectivity index (χ2v) is 5.48. The molecule has 1 aromatic heterocycles. The number of carbonyl (C=O) groups excluding carboxylic acids is 1. The van der Waals surface area contributed by atoms with Crippen molar-refractivity contribution in [1.29, 1.82) is 0 Å². The number of methoxy groups -OCH3 is 2. The van der Waals surface area contributed by atoms with Gasteiger partial charge in [0.15, 0.2) is 17.3 Å². The Morgan fingerprint density at radius 1 is 1.08 bits per heavy atom. The van der Waals surface area contributed by atoms with Crippen LogP contribution < -0.4 is 14.8 Å². The zero-order valence-corrected chi connectivity index (χ0v) is 14.3. The lowest BCUT2D eigenvalue weighted by atomic mass is 10.1. The zero-order chi connectivity index (χ0) is 18.5. The summed E-state index contributed by atoms with van der Waals surface area (Å²) >= 11 is 0. The Kier molecular flexibility index (Phi) is 5.17. The number of carbonyl (C=O) groups is 1. The molecule has 2 aromatic carbocycles. The minimum atomic E-state index is -0.331. The number of aromatic nitrogens is 1. The number of anilines is 1. The van der Waals surface area contributed by atoms with Gasteiger partial charge < -0.3 is 19.3 Å². The van der Waals surface area contributed by atoms with Crippen molar-refractivity contribution in [3.63, 3.8) is 0 Å². The second-order valence-electron chi connectivity index (χ2n) is 5.48. The van der Waals surface area contributed by atoms with Gasteiger partial charge in [-0.1, -0.05) is 5.16 Å². The highest BCUT2D eigenvalue weighted by molar-refractivity contribution is 5.92. The summed E-state index contributed by atoms with van der Waals surface area (Å²) in [4.78, 5) is 12.2. The maximum absolute atomic E-state index is 13.0. The summed E-state index contributed by atoms with van der Waals surface area (Å²) < 4.78 is 28.6. The van der Waals surface area contributed by atoms with Crippen LogP contribution in [0, 0.1) is 5.82 Å². The Bertz CT molecular complexity index is 906. The minimum Gasteiger partial charge on any atom is -0.493 e. The Balaban J connectivity index is 1.66. The number of nitrogens with one attached hydrogen (secondary N) is 1. The largest absolute Gasteiger partial charge is 0.493 e. The van der Waals surface area contributed by atoms with Crippen LogP contribution in [-0.2, 0) is 11.2 Å². The number of hydrogen-bond acceptors (Lipinski definition) is 5. The summed E-state index contributed by atoms with van der Waals surface area (Å²) in [6, 6.07) is 12.6. The van der Waals surface area contributed by atoms with Crippen LogP contribution in [0.4, 0.5) is 10.1 Å². The summed E-state index contributed by atoms with van der Waals surface area (Å²) in [5.74, 6) is 0.981. The van der Waals surface area contributed by atoms with Crippen molar-refractivity contribution in [3.05, 3.63) is 60.0 Å². The average Bonchev–Trinajstić information content (AvgIpc) is 3.10. The number of benzene rings is 2. The first-order chi connectivity index (χ1) is 12.6. The fourth-order valence-electron chi connectivity index (χ4n) is 2.43. The van der Waals surface area contributed by atoms with E-state index in [1.54, 1.807) is 43.5 Å². The average molecular weight is 356 g/mol. The van der Waals surface area contributed by atoms with E-state index < -0.39 is 0 Å². The molecule has 0 aliphatic carbocycles. The number of ether oxygens (including phenoxy) is 2. The van der Waals surface area contributed by atoms with E-state index >= 15 is 0 Å². The molecule has 6 nitrogen and oxygen atoms in total. The molecule has 0 unspecified atom stereocenters. The van der Waals surface area contributed by atoms with Gasteiger partial charge >= 0.3 is 0 Å². The first kappa shape index (κ1) is 17.5. The molecule has 0 radical (unpaired) electrons. The van der Waals surface area contributed by atoms with Crippen LogP contribution in [0.15, 0.2) is 53.1 Å². The highest BCUT2D eigenvalue weighted by Crippen LogP contribution is 2.29. The van der Waals surface area contributed by atoms with E-state index in [1.807, 2.05) is 0 Å². The lowest BCUT2D eigenvalue weighted by Gasteiger charge is -2.10. The van der Waals surface area contributed by atoms with E-state index in [9.17, 15) is 9.18 Å². The molecule has 0 bridgehead atoms. The van der Waals surface area contributed by atoms with Gasteiger partial charge in [-0.2, -0.15) is 0 Å². The monoisotopic (exact) mass is 356 g/mol. The van der Waals surface area contributed by atoms with Gasteiger partial charge in [-0.3, -0.25) is 4.79 Å². The third-order valence-corrected chi connectivity index (χ3v) is 3.70. The van der Waals surface area contributed by atoms with Gasteiger partial charge in [-0.15, -0.1) is 0 Å². The Labute approximate surface area is 149 Å². The number of amides is 1. The predicted molar refractivity (Wildman–Crippen MR) is 93.8 cm³/mol. The second kappa shape index (κ2) is 7.69. The van der Waals surface area contributed by atoms with Gasteiger partial charge in [0.25, 0.3) is 0 Å². The van der Waals surface area contributed by atoms with E-state index in [0.717, 1.165) is 0 Å². The van der Waals surface area contributed by atoms with Crippen LogP contribution in [0.1, 0.15) is 5.69 Å². The molecule has 0 aliphatic rings. The maximum atomic E-state index is 13.0. The van der Waals surface area contributed by atoms with Crippen LogP contribution in [0.5, 0.6) is 11.5 Å². The molecule has 134 valence electrons. The lowest BCUT2D eigenvalue weighted by Crippen LogP contribution is -2.14. The van der Waals surface area contributed by atoms with Crippen molar-refractivity contribution in [2.24, 2.45) is 0 Å². The molecule has 0 atom stereocenters. The number of nitrogens with zero attached hydrogens (tertiary/aromatic N) is 1. The first-order valence-electron chi connectivity index (χ1n) is 7.82. The molecular formula is C19H17FN2O4. The molecular weight excluding hydrogens is 339 g/mol. The van der Waals surface area contributed by atoms with Gasteiger partial charge in [-0.25, -0.2) is 4.39 Å². The summed E-state index contributed by atoms with van der Waals surface area (Å²) in [7, 11) is 3.06. The Morgan fingerprint density at radius 2 is 1.81 bits per heavy atom. The summed E-state index contributed by atoms with van der Waals surface area (Å²) in [5, 5.41) is 6.65. The molecule has 26 heavy (non-hydrogen) atoms. The van der Waals surface area contributed by atoms with Gasteiger partial charge in [0.05, 0.1) is 26.3 Å². The number of halogens is 1. The molecule has 1 amide bonds. The third kappa shape index (κ3) is 4.00. The molecule has 0 fully saturated rings. The van der Waals surface area contributed by atoms with E-state index in [-0.39, 0.29) is 18.1 Å². The lowest BCUT2D eigenvalue weighted by molar-refractivity contribution is -0.115.